The maximum absolute atomic E-state index is 11.7. The van der Waals surface area contributed by atoms with Gasteiger partial charge in [0, 0.05) is 24.5 Å². The van der Waals surface area contributed by atoms with Crippen LogP contribution in [0.1, 0.15) is 20.3 Å². The Balaban J connectivity index is 2.51. The Morgan fingerprint density at radius 2 is 2.00 bits per heavy atom. The van der Waals surface area contributed by atoms with Crippen molar-refractivity contribution in [2.75, 3.05) is 24.2 Å². The van der Waals surface area contributed by atoms with Gasteiger partial charge in [-0.15, -0.1) is 0 Å². The summed E-state index contributed by atoms with van der Waals surface area (Å²) in [5.41, 5.74) is 7.33. The second-order valence-corrected chi connectivity index (χ2v) is 4.32. The maximum atomic E-state index is 11.7. The normalized spacial score (nSPS) is 11.9. The topological polar surface area (TPSA) is 58.4 Å². The molecule has 0 saturated carbocycles. The lowest BCUT2D eigenvalue weighted by Crippen LogP contribution is -2.39. The van der Waals surface area contributed by atoms with Gasteiger partial charge in [-0.2, -0.15) is 0 Å². The molecule has 94 valence electrons. The molecule has 0 radical (unpaired) electrons. The van der Waals surface area contributed by atoms with Gasteiger partial charge in [0.25, 0.3) is 0 Å². The van der Waals surface area contributed by atoms with Gasteiger partial charge in [0.1, 0.15) is 0 Å². The summed E-state index contributed by atoms with van der Waals surface area (Å²) in [5.74, 6) is 0.0404. The molecule has 1 unspecified atom stereocenters. The molecule has 1 rings (SSSR count). The van der Waals surface area contributed by atoms with E-state index in [1.54, 1.807) is 0 Å². The second kappa shape index (κ2) is 6.13. The monoisotopic (exact) mass is 235 g/mol. The molecule has 17 heavy (non-hydrogen) atoms. The molecule has 0 aliphatic heterocycles. The number of carbonyl (C=O) groups is 1. The number of nitrogens with zero attached hydrogens (tertiary/aromatic N) is 1. The van der Waals surface area contributed by atoms with Gasteiger partial charge in [-0.25, -0.2) is 0 Å². The summed E-state index contributed by atoms with van der Waals surface area (Å²) < 4.78 is 0. The SMILES string of the molecule is CCC(C)NC(=O)CN(C)c1ccc(N)cc1. The van der Waals surface area contributed by atoms with Crippen molar-refractivity contribution in [2.45, 2.75) is 26.3 Å². The molecular weight excluding hydrogens is 214 g/mol. The number of rotatable bonds is 5. The highest BCUT2D eigenvalue weighted by molar-refractivity contribution is 5.81. The highest BCUT2D eigenvalue weighted by Crippen LogP contribution is 2.14. The first kappa shape index (κ1) is 13.4. The van der Waals surface area contributed by atoms with Crippen molar-refractivity contribution in [2.24, 2.45) is 0 Å². The fraction of sp³-hybridized carbons (Fsp3) is 0.462. The molecule has 0 bridgehead atoms. The van der Waals surface area contributed by atoms with Crippen LogP contribution in [0, 0.1) is 0 Å². The van der Waals surface area contributed by atoms with Crippen LogP contribution in [0.15, 0.2) is 24.3 Å². The predicted molar refractivity (Wildman–Crippen MR) is 72.0 cm³/mol. The minimum atomic E-state index is 0.0404. The summed E-state index contributed by atoms with van der Waals surface area (Å²) >= 11 is 0. The lowest BCUT2D eigenvalue weighted by Gasteiger charge is -2.20. The zero-order valence-electron chi connectivity index (χ0n) is 10.7. The molecule has 1 atom stereocenters. The number of carbonyl (C=O) groups excluding carboxylic acids is 1. The molecule has 1 amide bonds. The molecule has 0 spiro atoms. The van der Waals surface area contributed by atoms with Gasteiger partial charge in [0.05, 0.1) is 6.54 Å². The molecule has 0 aliphatic rings. The Morgan fingerprint density at radius 3 is 2.53 bits per heavy atom. The third-order valence-corrected chi connectivity index (χ3v) is 2.73. The number of nitrogens with one attached hydrogen (secondary N) is 1. The number of amides is 1. The number of hydrogen-bond donors (Lipinski definition) is 2. The average Bonchev–Trinajstić information content (AvgIpc) is 2.29. The van der Waals surface area contributed by atoms with E-state index in [0.29, 0.717) is 6.54 Å². The zero-order chi connectivity index (χ0) is 12.8. The summed E-state index contributed by atoms with van der Waals surface area (Å²) in [7, 11) is 1.89. The molecule has 3 N–H and O–H groups in total. The summed E-state index contributed by atoms with van der Waals surface area (Å²) in [6.45, 7) is 4.41. The van der Waals surface area contributed by atoms with E-state index in [1.165, 1.54) is 0 Å². The van der Waals surface area contributed by atoms with Crippen LogP contribution in [0.5, 0.6) is 0 Å². The van der Waals surface area contributed by atoms with Crippen LogP contribution in [-0.4, -0.2) is 25.5 Å². The first-order chi connectivity index (χ1) is 8.02. The molecule has 4 nitrogen and oxygen atoms in total. The van der Waals surface area contributed by atoms with Crippen LogP contribution < -0.4 is 16.0 Å². The summed E-state index contributed by atoms with van der Waals surface area (Å²) in [6.07, 6.45) is 0.942. The van der Waals surface area contributed by atoms with Gasteiger partial charge in [0.15, 0.2) is 0 Å². The van der Waals surface area contributed by atoms with Crippen LogP contribution in [0.4, 0.5) is 11.4 Å². The number of hydrogen-bond acceptors (Lipinski definition) is 3. The lowest BCUT2D eigenvalue weighted by molar-refractivity contribution is -0.120. The first-order valence-electron chi connectivity index (χ1n) is 5.89. The maximum Gasteiger partial charge on any atom is 0.239 e. The van der Waals surface area contributed by atoms with E-state index in [4.69, 9.17) is 5.73 Å². The third-order valence-electron chi connectivity index (χ3n) is 2.73. The molecule has 1 aromatic carbocycles. The number of likely N-dealkylation sites (N-methyl/N-ethyl adjacent to an activating group) is 1. The fourth-order valence-electron chi connectivity index (χ4n) is 1.46. The van der Waals surface area contributed by atoms with E-state index in [1.807, 2.05) is 43.1 Å². The Morgan fingerprint density at radius 1 is 1.41 bits per heavy atom. The summed E-state index contributed by atoms with van der Waals surface area (Å²) in [4.78, 5) is 13.6. The Hall–Kier alpha value is -1.71. The van der Waals surface area contributed by atoms with Gasteiger partial charge >= 0.3 is 0 Å². The minimum absolute atomic E-state index is 0.0404. The molecule has 0 fully saturated rings. The smallest absolute Gasteiger partial charge is 0.239 e. The molecule has 1 aromatic rings. The number of anilines is 2. The Bertz CT molecular complexity index is 361. The van der Waals surface area contributed by atoms with Crippen molar-refractivity contribution in [1.29, 1.82) is 0 Å². The van der Waals surface area contributed by atoms with Crippen molar-refractivity contribution < 1.29 is 4.79 Å². The van der Waals surface area contributed by atoms with Crippen molar-refractivity contribution >= 4 is 17.3 Å². The molecule has 0 aliphatic carbocycles. The largest absolute Gasteiger partial charge is 0.399 e. The molecule has 0 saturated heterocycles. The predicted octanol–water partition coefficient (Wildman–Crippen LogP) is 1.62. The van der Waals surface area contributed by atoms with Gasteiger partial charge in [-0.1, -0.05) is 6.92 Å². The van der Waals surface area contributed by atoms with Gasteiger partial charge in [-0.3, -0.25) is 4.79 Å². The summed E-state index contributed by atoms with van der Waals surface area (Å²) in [6, 6.07) is 7.71. The van der Waals surface area contributed by atoms with Gasteiger partial charge < -0.3 is 16.0 Å². The highest BCUT2D eigenvalue weighted by Gasteiger charge is 2.09. The highest BCUT2D eigenvalue weighted by atomic mass is 16.2. The molecule has 0 heterocycles. The lowest BCUT2D eigenvalue weighted by atomic mass is 10.2. The molecular formula is C13H21N3O. The quantitative estimate of drug-likeness (QED) is 0.762. The van der Waals surface area contributed by atoms with E-state index < -0.39 is 0 Å². The van der Waals surface area contributed by atoms with E-state index in [9.17, 15) is 4.79 Å². The van der Waals surface area contributed by atoms with Crippen molar-refractivity contribution in [3.63, 3.8) is 0 Å². The van der Waals surface area contributed by atoms with E-state index in [-0.39, 0.29) is 11.9 Å². The Kier molecular flexibility index (Phi) is 4.82. The number of nitrogens with two attached hydrogens (primary N) is 1. The molecule has 4 heteroatoms. The van der Waals surface area contributed by atoms with Crippen molar-refractivity contribution in [3.05, 3.63) is 24.3 Å². The van der Waals surface area contributed by atoms with E-state index in [2.05, 4.69) is 12.2 Å². The van der Waals surface area contributed by atoms with Crippen molar-refractivity contribution in [3.8, 4) is 0 Å². The van der Waals surface area contributed by atoms with Crippen molar-refractivity contribution in [1.82, 2.24) is 5.32 Å². The van der Waals surface area contributed by atoms with E-state index >= 15 is 0 Å². The van der Waals surface area contributed by atoms with Crippen LogP contribution in [0.2, 0.25) is 0 Å². The molecule has 0 aromatic heterocycles. The van der Waals surface area contributed by atoms with Gasteiger partial charge in [0.2, 0.25) is 5.91 Å². The number of benzene rings is 1. The zero-order valence-corrected chi connectivity index (χ0v) is 10.7. The average molecular weight is 235 g/mol. The Labute approximate surface area is 103 Å². The van der Waals surface area contributed by atoms with Crippen LogP contribution >= 0.6 is 0 Å². The second-order valence-electron chi connectivity index (χ2n) is 4.32. The first-order valence-corrected chi connectivity index (χ1v) is 5.89. The minimum Gasteiger partial charge on any atom is -0.399 e. The van der Waals surface area contributed by atoms with Gasteiger partial charge in [-0.05, 0) is 37.6 Å². The third kappa shape index (κ3) is 4.34. The standard InChI is InChI=1S/C13H21N3O/c1-4-10(2)15-13(17)9-16(3)12-7-5-11(14)6-8-12/h5-8,10H,4,9,14H2,1-3H3,(H,15,17). The van der Waals surface area contributed by atoms with E-state index in [0.717, 1.165) is 17.8 Å². The fourth-order valence-corrected chi connectivity index (χ4v) is 1.46. The number of nitrogen functional groups attached to an aromatic ring is 1. The van der Waals surface area contributed by atoms with Crippen LogP contribution in [-0.2, 0) is 4.79 Å². The van der Waals surface area contributed by atoms with Crippen LogP contribution in [0.3, 0.4) is 0 Å². The van der Waals surface area contributed by atoms with Crippen LogP contribution in [0.25, 0.3) is 0 Å². The summed E-state index contributed by atoms with van der Waals surface area (Å²) in [5, 5.41) is 2.94.